The summed E-state index contributed by atoms with van der Waals surface area (Å²) >= 11 is 0. The number of amides is 1. The molecule has 1 aromatic rings. The molecule has 0 spiro atoms. The van der Waals surface area contributed by atoms with Crippen LogP contribution in [-0.4, -0.2) is 36.7 Å². The normalized spacial score (nSPS) is 19.9. The minimum atomic E-state index is -0.782. The molecule has 0 bridgehead atoms. The molecule has 2 atom stereocenters. The lowest BCUT2D eigenvalue weighted by Crippen LogP contribution is -2.43. The van der Waals surface area contributed by atoms with E-state index >= 15 is 0 Å². The molecule has 158 valence electrons. The van der Waals surface area contributed by atoms with Crippen LogP contribution in [0.15, 0.2) is 42.1 Å². The van der Waals surface area contributed by atoms with Gasteiger partial charge in [0.15, 0.2) is 11.6 Å². The third-order valence-electron chi connectivity index (χ3n) is 4.68. The van der Waals surface area contributed by atoms with Gasteiger partial charge in [0.1, 0.15) is 5.82 Å². The lowest BCUT2D eigenvalue weighted by Gasteiger charge is -2.30. The molecule has 0 saturated heterocycles. The van der Waals surface area contributed by atoms with E-state index in [1.54, 1.807) is 19.3 Å². The fourth-order valence-electron chi connectivity index (χ4n) is 3.28. The maximum Gasteiger partial charge on any atom is 0.252 e. The molecule has 8 heteroatoms. The Kier molecular flexibility index (Phi) is 8.35. The van der Waals surface area contributed by atoms with Crippen molar-refractivity contribution in [2.45, 2.75) is 44.7 Å². The zero-order chi connectivity index (χ0) is 21.4. The van der Waals surface area contributed by atoms with Crippen LogP contribution >= 0.6 is 0 Å². The number of anilines is 2. The van der Waals surface area contributed by atoms with E-state index in [9.17, 15) is 9.18 Å². The molecule has 1 aromatic heterocycles. The topological polar surface area (TPSA) is 115 Å². The van der Waals surface area contributed by atoms with Crippen LogP contribution in [0, 0.1) is 5.82 Å². The summed E-state index contributed by atoms with van der Waals surface area (Å²) in [6.45, 7) is 6.10. The van der Waals surface area contributed by atoms with Gasteiger partial charge in [-0.2, -0.15) is 0 Å². The van der Waals surface area contributed by atoms with E-state index in [0.717, 1.165) is 31.7 Å². The van der Waals surface area contributed by atoms with Gasteiger partial charge in [0, 0.05) is 24.9 Å². The highest BCUT2D eigenvalue weighted by molar-refractivity contribution is 5.98. The molecule has 1 fully saturated rings. The molecule has 1 aliphatic carbocycles. The molecule has 6 N–H and O–H groups in total. The number of halogens is 1. The predicted octanol–water partition coefficient (Wildman–Crippen LogP) is 3.08. The van der Waals surface area contributed by atoms with Gasteiger partial charge < -0.3 is 26.8 Å². The SMILES string of the molecule is C=C(/C=C(\C=C/C)Nc1nc(NC2CCCCC2N)c(F)cc1C(N)=O)COC. The van der Waals surface area contributed by atoms with E-state index in [4.69, 9.17) is 16.2 Å². The van der Waals surface area contributed by atoms with Gasteiger partial charge in [-0.25, -0.2) is 9.37 Å². The Balaban J connectivity index is 2.37. The average molecular weight is 404 g/mol. The first-order valence-electron chi connectivity index (χ1n) is 9.66. The van der Waals surface area contributed by atoms with E-state index in [-0.39, 0.29) is 29.3 Å². The van der Waals surface area contributed by atoms with Gasteiger partial charge in [-0.15, -0.1) is 0 Å². The zero-order valence-corrected chi connectivity index (χ0v) is 17.0. The molecule has 2 rings (SSSR count). The highest BCUT2D eigenvalue weighted by Crippen LogP contribution is 2.26. The number of methoxy groups -OCH3 is 1. The smallest absolute Gasteiger partial charge is 0.252 e. The molecule has 0 aliphatic heterocycles. The van der Waals surface area contributed by atoms with Gasteiger partial charge in [-0.1, -0.05) is 25.5 Å². The maximum atomic E-state index is 14.6. The van der Waals surface area contributed by atoms with Crippen LogP contribution in [0.3, 0.4) is 0 Å². The van der Waals surface area contributed by atoms with Crippen LogP contribution < -0.4 is 22.1 Å². The second kappa shape index (κ2) is 10.7. The van der Waals surface area contributed by atoms with Gasteiger partial charge in [-0.05, 0) is 43.6 Å². The van der Waals surface area contributed by atoms with Crippen LogP contribution in [0.25, 0.3) is 0 Å². The maximum absolute atomic E-state index is 14.6. The van der Waals surface area contributed by atoms with Crippen molar-refractivity contribution < 1.29 is 13.9 Å². The van der Waals surface area contributed by atoms with Crippen molar-refractivity contribution in [3.8, 4) is 0 Å². The number of hydrogen-bond donors (Lipinski definition) is 4. The number of hydrogen-bond acceptors (Lipinski definition) is 6. The molecule has 1 saturated carbocycles. The summed E-state index contributed by atoms with van der Waals surface area (Å²) < 4.78 is 19.7. The monoisotopic (exact) mass is 403 g/mol. The van der Waals surface area contributed by atoms with Crippen LogP contribution in [0.1, 0.15) is 43.0 Å². The first kappa shape index (κ1) is 22.6. The van der Waals surface area contributed by atoms with Crippen molar-refractivity contribution in [1.82, 2.24) is 4.98 Å². The van der Waals surface area contributed by atoms with Crippen molar-refractivity contribution >= 4 is 17.5 Å². The Bertz CT molecular complexity index is 807. The minimum absolute atomic E-state index is 0.0374. The Morgan fingerprint density at radius 1 is 1.41 bits per heavy atom. The number of pyridine rings is 1. The van der Waals surface area contributed by atoms with Crippen molar-refractivity contribution in [3.05, 3.63) is 53.5 Å². The summed E-state index contributed by atoms with van der Waals surface area (Å²) in [6, 6.07) is 0.934. The van der Waals surface area contributed by atoms with E-state index in [1.807, 2.05) is 13.0 Å². The molecule has 0 aromatic carbocycles. The standard InChI is InChI=1S/C21H30FN5O2/c1-4-7-14(10-13(2)12-29-3)25-20-15(19(24)28)11-16(22)21(27-20)26-18-9-6-5-8-17(18)23/h4,7,10-11,17-18H,2,5-6,8-9,12,23H2,1,3H3,(H2,24,28)(H2,25,26,27)/b7-4-,14-10+. The van der Waals surface area contributed by atoms with Gasteiger partial charge in [0.2, 0.25) is 0 Å². The fourth-order valence-corrected chi connectivity index (χ4v) is 3.28. The summed E-state index contributed by atoms with van der Waals surface area (Å²) in [4.78, 5) is 16.2. The second-order valence-electron chi connectivity index (χ2n) is 7.09. The van der Waals surface area contributed by atoms with Gasteiger partial charge in [-0.3, -0.25) is 4.79 Å². The van der Waals surface area contributed by atoms with Gasteiger partial charge in [0.25, 0.3) is 5.91 Å². The Morgan fingerprint density at radius 3 is 2.76 bits per heavy atom. The number of carbonyl (C=O) groups excluding carboxylic acids is 1. The molecule has 2 unspecified atom stereocenters. The van der Waals surface area contributed by atoms with Crippen molar-refractivity contribution in [2.75, 3.05) is 24.4 Å². The van der Waals surface area contributed by atoms with Crippen LogP contribution in [0.4, 0.5) is 16.0 Å². The number of nitrogens with zero attached hydrogens (tertiary/aromatic N) is 1. The summed E-state index contributed by atoms with van der Waals surface area (Å²) in [5.41, 5.74) is 12.9. The number of primary amides is 1. The van der Waals surface area contributed by atoms with E-state index in [0.29, 0.717) is 17.9 Å². The Hall–Kier alpha value is -2.71. The summed E-state index contributed by atoms with van der Waals surface area (Å²) in [5.74, 6) is -1.24. The van der Waals surface area contributed by atoms with Crippen molar-refractivity contribution in [3.63, 3.8) is 0 Å². The number of carbonyl (C=O) groups is 1. The number of aromatic nitrogens is 1. The lowest BCUT2D eigenvalue weighted by atomic mass is 9.91. The number of ether oxygens (including phenoxy) is 1. The van der Waals surface area contributed by atoms with E-state index in [2.05, 4.69) is 22.2 Å². The first-order valence-corrected chi connectivity index (χ1v) is 9.66. The van der Waals surface area contributed by atoms with Crippen LogP contribution in [-0.2, 0) is 4.74 Å². The highest BCUT2D eigenvalue weighted by Gasteiger charge is 2.24. The summed E-state index contributed by atoms with van der Waals surface area (Å²) in [7, 11) is 1.57. The molecule has 1 amide bonds. The quantitative estimate of drug-likeness (QED) is 0.471. The Morgan fingerprint density at radius 2 is 2.14 bits per heavy atom. The van der Waals surface area contributed by atoms with Crippen molar-refractivity contribution in [2.24, 2.45) is 11.5 Å². The predicted molar refractivity (Wildman–Crippen MR) is 114 cm³/mol. The largest absolute Gasteiger partial charge is 0.380 e. The molecular weight excluding hydrogens is 373 g/mol. The van der Waals surface area contributed by atoms with Gasteiger partial charge in [0.05, 0.1) is 12.2 Å². The molecule has 7 nitrogen and oxygen atoms in total. The highest BCUT2D eigenvalue weighted by atomic mass is 19.1. The first-order chi connectivity index (χ1) is 13.8. The van der Waals surface area contributed by atoms with E-state index < -0.39 is 11.7 Å². The molecule has 29 heavy (non-hydrogen) atoms. The summed E-state index contributed by atoms with van der Waals surface area (Å²) in [6.07, 6.45) is 9.14. The molecule has 1 aliphatic rings. The third kappa shape index (κ3) is 6.40. The average Bonchev–Trinajstić information content (AvgIpc) is 2.66. The third-order valence-corrected chi connectivity index (χ3v) is 4.68. The van der Waals surface area contributed by atoms with Gasteiger partial charge >= 0.3 is 0 Å². The van der Waals surface area contributed by atoms with Crippen molar-refractivity contribution in [1.29, 1.82) is 0 Å². The van der Waals surface area contributed by atoms with Crippen LogP contribution in [0.2, 0.25) is 0 Å². The fraction of sp³-hybridized carbons (Fsp3) is 0.429. The number of allylic oxidation sites excluding steroid dienone is 2. The van der Waals surface area contributed by atoms with Crippen LogP contribution in [0.5, 0.6) is 0 Å². The number of nitrogens with two attached hydrogens (primary N) is 2. The molecule has 0 radical (unpaired) electrons. The number of rotatable bonds is 9. The zero-order valence-electron chi connectivity index (χ0n) is 17.0. The number of nitrogens with one attached hydrogen (secondary N) is 2. The molecule has 1 heterocycles. The Labute approximate surface area is 171 Å². The second-order valence-corrected chi connectivity index (χ2v) is 7.09. The lowest BCUT2D eigenvalue weighted by molar-refractivity contribution is 0.100. The minimum Gasteiger partial charge on any atom is -0.380 e. The van der Waals surface area contributed by atoms with E-state index in [1.165, 1.54) is 0 Å². The summed E-state index contributed by atoms with van der Waals surface area (Å²) in [5, 5.41) is 6.14. The molecular formula is C21H30FN5O2.